The van der Waals surface area contributed by atoms with Gasteiger partial charge in [0.1, 0.15) is 0 Å². The summed E-state index contributed by atoms with van der Waals surface area (Å²) in [6.45, 7) is 1.79. The standard InChI is InChI=1S/C9H13BrN2O/c10-8-5-11-12(6-8)7-9-3-1-2-4-13-9/h5-6,9H,1-4,7H2/t9-/m0/s1. The molecule has 1 aromatic heterocycles. The van der Waals surface area contributed by atoms with Crippen molar-refractivity contribution in [1.82, 2.24) is 9.78 Å². The normalized spacial score (nSPS) is 23.3. The molecule has 0 aliphatic carbocycles. The van der Waals surface area contributed by atoms with Crippen LogP contribution in [0.25, 0.3) is 0 Å². The van der Waals surface area contributed by atoms with Crippen LogP contribution < -0.4 is 0 Å². The third-order valence-corrected chi connectivity index (χ3v) is 2.68. The minimum absolute atomic E-state index is 0.362. The molecule has 1 saturated heterocycles. The molecule has 2 rings (SSSR count). The second-order valence-electron chi connectivity index (χ2n) is 3.37. The van der Waals surface area contributed by atoms with Crippen molar-refractivity contribution in [3.63, 3.8) is 0 Å². The molecule has 13 heavy (non-hydrogen) atoms. The minimum Gasteiger partial charge on any atom is -0.376 e. The monoisotopic (exact) mass is 244 g/mol. The Balaban J connectivity index is 1.89. The van der Waals surface area contributed by atoms with E-state index >= 15 is 0 Å². The third-order valence-electron chi connectivity index (χ3n) is 2.27. The van der Waals surface area contributed by atoms with Crippen molar-refractivity contribution in [2.45, 2.75) is 31.9 Å². The lowest BCUT2D eigenvalue weighted by Gasteiger charge is -2.22. The Morgan fingerprint density at radius 1 is 1.62 bits per heavy atom. The molecule has 1 aliphatic rings. The van der Waals surface area contributed by atoms with Crippen molar-refractivity contribution in [1.29, 1.82) is 0 Å². The Bertz CT molecular complexity index is 268. The molecule has 3 nitrogen and oxygen atoms in total. The van der Waals surface area contributed by atoms with Gasteiger partial charge in [0, 0.05) is 12.8 Å². The molecule has 0 N–H and O–H groups in total. The topological polar surface area (TPSA) is 27.1 Å². The van der Waals surface area contributed by atoms with Crippen molar-refractivity contribution in [3.8, 4) is 0 Å². The van der Waals surface area contributed by atoms with E-state index < -0.39 is 0 Å². The minimum atomic E-state index is 0.362. The quantitative estimate of drug-likeness (QED) is 0.798. The number of hydrogen-bond donors (Lipinski definition) is 0. The van der Waals surface area contributed by atoms with Crippen LogP contribution in [0.1, 0.15) is 19.3 Å². The first-order chi connectivity index (χ1) is 6.34. The molecule has 0 saturated carbocycles. The van der Waals surface area contributed by atoms with Crippen molar-refractivity contribution >= 4 is 15.9 Å². The summed E-state index contributed by atoms with van der Waals surface area (Å²) in [5.41, 5.74) is 0. The Morgan fingerprint density at radius 2 is 2.54 bits per heavy atom. The van der Waals surface area contributed by atoms with Gasteiger partial charge in [-0.15, -0.1) is 0 Å². The zero-order valence-electron chi connectivity index (χ0n) is 7.45. The molecular formula is C9H13BrN2O. The fourth-order valence-corrected chi connectivity index (χ4v) is 1.93. The Kier molecular flexibility index (Phi) is 3.01. The number of halogens is 1. The molecule has 0 radical (unpaired) electrons. The lowest BCUT2D eigenvalue weighted by molar-refractivity contribution is 0.00398. The van der Waals surface area contributed by atoms with Crippen molar-refractivity contribution in [3.05, 3.63) is 16.9 Å². The van der Waals surface area contributed by atoms with E-state index in [0.717, 1.165) is 24.0 Å². The van der Waals surface area contributed by atoms with E-state index in [9.17, 15) is 0 Å². The summed E-state index contributed by atoms with van der Waals surface area (Å²) in [4.78, 5) is 0. The highest BCUT2D eigenvalue weighted by atomic mass is 79.9. The molecule has 2 heterocycles. The summed E-state index contributed by atoms with van der Waals surface area (Å²) in [7, 11) is 0. The van der Waals surface area contributed by atoms with Crippen molar-refractivity contribution in [2.24, 2.45) is 0 Å². The van der Waals surface area contributed by atoms with Gasteiger partial charge in [-0.3, -0.25) is 4.68 Å². The lowest BCUT2D eigenvalue weighted by atomic mass is 10.1. The van der Waals surface area contributed by atoms with Gasteiger partial charge in [0.25, 0.3) is 0 Å². The Labute approximate surface area is 86.2 Å². The average molecular weight is 245 g/mol. The van der Waals surface area contributed by atoms with E-state index in [1.807, 2.05) is 17.1 Å². The summed E-state index contributed by atoms with van der Waals surface area (Å²) in [6.07, 6.45) is 7.81. The first-order valence-electron chi connectivity index (χ1n) is 4.64. The number of hydrogen-bond acceptors (Lipinski definition) is 2. The van der Waals surface area contributed by atoms with Crippen molar-refractivity contribution in [2.75, 3.05) is 6.61 Å². The first kappa shape index (κ1) is 9.21. The maximum Gasteiger partial charge on any atom is 0.0770 e. The van der Waals surface area contributed by atoms with Gasteiger partial charge in [-0.2, -0.15) is 5.10 Å². The van der Waals surface area contributed by atoms with E-state index in [-0.39, 0.29) is 0 Å². The third kappa shape index (κ3) is 2.54. The molecule has 0 unspecified atom stereocenters. The molecule has 0 amide bonds. The molecule has 72 valence electrons. The van der Waals surface area contributed by atoms with E-state index in [1.54, 1.807) is 0 Å². The number of nitrogens with zero attached hydrogens (tertiary/aromatic N) is 2. The van der Waals surface area contributed by atoms with Gasteiger partial charge in [-0.05, 0) is 35.2 Å². The second kappa shape index (κ2) is 4.24. The average Bonchev–Trinajstić information content (AvgIpc) is 2.53. The Hall–Kier alpha value is -0.350. The first-order valence-corrected chi connectivity index (χ1v) is 5.43. The van der Waals surface area contributed by atoms with Crippen molar-refractivity contribution < 1.29 is 4.74 Å². The van der Waals surface area contributed by atoms with Gasteiger partial charge in [0.2, 0.25) is 0 Å². The molecule has 4 heteroatoms. The second-order valence-corrected chi connectivity index (χ2v) is 4.28. The van der Waals surface area contributed by atoms with Crippen LogP contribution in [-0.4, -0.2) is 22.5 Å². The molecule has 1 fully saturated rings. The van der Waals surface area contributed by atoms with E-state index in [2.05, 4.69) is 21.0 Å². The zero-order valence-corrected chi connectivity index (χ0v) is 9.03. The van der Waals surface area contributed by atoms with Crippen LogP contribution in [0, 0.1) is 0 Å². The van der Waals surface area contributed by atoms with Crippen LogP contribution in [-0.2, 0) is 11.3 Å². The highest BCUT2D eigenvalue weighted by Crippen LogP contribution is 2.15. The fraction of sp³-hybridized carbons (Fsp3) is 0.667. The van der Waals surface area contributed by atoms with Gasteiger partial charge in [0.05, 0.1) is 23.3 Å². The predicted octanol–water partition coefficient (Wildman–Crippen LogP) is 2.21. The van der Waals surface area contributed by atoms with Crippen LogP contribution in [0.15, 0.2) is 16.9 Å². The summed E-state index contributed by atoms with van der Waals surface area (Å²) >= 11 is 3.37. The van der Waals surface area contributed by atoms with Gasteiger partial charge in [0.15, 0.2) is 0 Å². The SMILES string of the molecule is Brc1cnn(C[C@@H]2CCCCO2)c1. The highest BCUT2D eigenvalue weighted by molar-refractivity contribution is 9.10. The molecule has 0 spiro atoms. The molecule has 0 bridgehead atoms. The Morgan fingerprint density at radius 3 is 3.15 bits per heavy atom. The summed E-state index contributed by atoms with van der Waals surface area (Å²) in [6, 6.07) is 0. The largest absolute Gasteiger partial charge is 0.376 e. The van der Waals surface area contributed by atoms with Crippen LogP contribution in [0.2, 0.25) is 0 Å². The van der Waals surface area contributed by atoms with E-state index in [0.29, 0.717) is 6.10 Å². The van der Waals surface area contributed by atoms with Crippen LogP contribution >= 0.6 is 15.9 Å². The number of aromatic nitrogens is 2. The number of rotatable bonds is 2. The maximum absolute atomic E-state index is 5.61. The van der Waals surface area contributed by atoms with Gasteiger partial charge >= 0.3 is 0 Å². The highest BCUT2D eigenvalue weighted by Gasteiger charge is 2.14. The molecule has 1 aliphatic heterocycles. The molecule has 1 aromatic rings. The van der Waals surface area contributed by atoms with E-state index in [1.165, 1.54) is 12.8 Å². The molecule has 1 atom stereocenters. The maximum atomic E-state index is 5.61. The fourth-order valence-electron chi connectivity index (χ4n) is 1.60. The predicted molar refractivity (Wildman–Crippen MR) is 53.5 cm³/mol. The van der Waals surface area contributed by atoms with Gasteiger partial charge < -0.3 is 4.74 Å². The van der Waals surface area contributed by atoms with Crippen LogP contribution in [0.4, 0.5) is 0 Å². The lowest BCUT2D eigenvalue weighted by Crippen LogP contribution is -2.24. The summed E-state index contributed by atoms with van der Waals surface area (Å²) in [5.74, 6) is 0. The molecular weight excluding hydrogens is 232 g/mol. The van der Waals surface area contributed by atoms with Crippen LogP contribution in [0.3, 0.4) is 0 Å². The van der Waals surface area contributed by atoms with E-state index in [4.69, 9.17) is 4.74 Å². The smallest absolute Gasteiger partial charge is 0.0770 e. The zero-order chi connectivity index (χ0) is 9.10. The van der Waals surface area contributed by atoms with Gasteiger partial charge in [-0.25, -0.2) is 0 Å². The summed E-state index contributed by atoms with van der Waals surface area (Å²) < 4.78 is 8.58. The van der Waals surface area contributed by atoms with Crippen LogP contribution in [0.5, 0.6) is 0 Å². The summed E-state index contributed by atoms with van der Waals surface area (Å²) in [5, 5.41) is 4.20. The van der Waals surface area contributed by atoms with Gasteiger partial charge in [-0.1, -0.05) is 0 Å². The number of ether oxygens (including phenoxy) is 1. The molecule has 0 aromatic carbocycles.